The molecule has 3 rings (SSSR count). The van der Waals surface area contributed by atoms with Crippen LogP contribution < -0.4 is 10.6 Å². The molecular weight excluding hydrogens is 236 g/mol. The molecule has 2 aromatic rings. The molecule has 1 aliphatic heterocycles. The summed E-state index contributed by atoms with van der Waals surface area (Å²) in [5.41, 5.74) is 3.15. The monoisotopic (exact) mass is 252 g/mol. The van der Waals surface area contributed by atoms with Gasteiger partial charge in [-0.3, -0.25) is 5.32 Å². The highest BCUT2D eigenvalue weighted by molar-refractivity contribution is 5.65. The Balaban J connectivity index is 1.95. The van der Waals surface area contributed by atoms with Crippen molar-refractivity contribution >= 4 is 5.70 Å². The minimum atomic E-state index is -0.745. The minimum absolute atomic E-state index is 0.00709. The van der Waals surface area contributed by atoms with E-state index in [1.807, 2.05) is 48.5 Å². The van der Waals surface area contributed by atoms with Gasteiger partial charge in [-0.05, 0) is 17.2 Å². The molecule has 2 atom stereocenters. The highest BCUT2D eigenvalue weighted by Crippen LogP contribution is 2.23. The molecule has 0 fully saturated rings. The molecule has 3 N–H and O–H groups in total. The third-order valence-corrected chi connectivity index (χ3v) is 3.21. The van der Waals surface area contributed by atoms with Crippen molar-refractivity contribution in [2.24, 2.45) is 0 Å². The smallest absolute Gasteiger partial charge is 0.182 e. The zero-order chi connectivity index (χ0) is 13.1. The van der Waals surface area contributed by atoms with Gasteiger partial charge >= 0.3 is 0 Å². The van der Waals surface area contributed by atoms with Crippen molar-refractivity contribution in [3.05, 3.63) is 77.9 Å². The highest BCUT2D eigenvalue weighted by Gasteiger charge is 2.20. The van der Waals surface area contributed by atoms with Crippen LogP contribution in [-0.2, 0) is 0 Å². The van der Waals surface area contributed by atoms with Gasteiger partial charge < -0.3 is 10.4 Å². The van der Waals surface area contributed by atoms with Crippen molar-refractivity contribution in [2.75, 3.05) is 0 Å². The molecule has 1 aliphatic rings. The number of benzene rings is 2. The number of aliphatic hydroxyl groups is 1. The van der Waals surface area contributed by atoms with Crippen molar-refractivity contribution in [1.29, 1.82) is 0 Å². The average molecular weight is 252 g/mol. The van der Waals surface area contributed by atoms with Gasteiger partial charge in [0, 0.05) is 5.70 Å². The van der Waals surface area contributed by atoms with Crippen LogP contribution in [0.2, 0.25) is 0 Å². The van der Waals surface area contributed by atoms with Crippen molar-refractivity contribution in [1.82, 2.24) is 10.6 Å². The zero-order valence-corrected chi connectivity index (χ0v) is 10.5. The normalized spacial score (nSPS) is 22.5. The van der Waals surface area contributed by atoms with E-state index in [4.69, 9.17) is 0 Å². The molecule has 0 saturated carbocycles. The van der Waals surface area contributed by atoms with Crippen molar-refractivity contribution in [3.8, 4) is 0 Å². The Kier molecular flexibility index (Phi) is 3.31. The number of rotatable bonds is 2. The Morgan fingerprint density at radius 3 is 2.16 bits per heavy atom. The molecule has 2 aromatic carbocycles. The standard InChI is InChI=1S/C16H16N2O/c19-16-17-14(12-7-3-1-4-8-12)11-15(18-16)13-9-5-2-6-10-13/h1-11,14,16-19H. The second kappa shape index (κ2) is 5.26. The van der Waals surface area contributed by atoms with E-state index in [9.17, 15) is 5.11 Å². The second-order valence-corrected chi connectivity index (χ2v) is 4.55. The molecule has 3 nitrogen and oxygen atoms in total. The van der Waals surface area contributed by atoms with Crippen molar-refractivity contribution in [2.45, 2.75) is 12.4 Å². The van der Waals surface area contributed by atoms with Crippen molar-refractivity contribution < 1.29 is 5.11 Å². The molecule has 0 saturated heterocycles. The lowest BCUT2D eigenvalue weighted by Crippen LogP contribution is -2.46. The van der Waals surface area contributed by atoms with E-state index in [0.29, 0.717) is 0 Å². The van der Waals surface area contributed by atoms with Gasteiger partial charge in [-0.1, -0.05) is 60.7 Å². The Morgan fingerprint density at radius 2 is 1.47 bits per heavy atom. The van der Waals surface area contributed by atoms with Gasteiger partial charge in [-0.15, -0.1) is 0 Å². The van der Waals surface area contributed by atoms with Crippen LogP contribution in [0.15, 0.2) is 66.7 Å². The zero-order valence-electron chi connectivity index (χ0n) is 10.5. The van der Waals surface area contributed by atoms with Gasteiger partial charge in [0.1, 0.15) is 0 Å². The van der Waals surface area contributed by atoms with Gasteiger partial charge in [0.15, 0.2) is 6.35 Å². The molecule has 0 spiro atoms. The third kappa shape index (κ3) is 2.67. The number of aliphatic hydroxyl groups excluding tert-OH is 1. The fourth-order valence-electron chi connectivity index (χ4n) is 2.27. The van der Waals surface area contributed by atoms with Gasteiger partial charge in [0.2, 0.25) is 0 Å². The van der Waals surface area contributed by atoms with E-state index in [1.165, 1.54) is 0 Å². The molecule has 2 unspecified atom stereocenters. The summed E-state index contributed by atoms with van der Waals surface area (Å²) in [6.45, 7) is 0. The summed E-state index contributed by atoms with van der Waals surface area (Å²) < 4.78 is 0. The summed E-state index contributed by atoms with van der Waals surface area (Å²) in [5, 5.41) is 16.0. The highest BCUT2D eigenvalue weighted by atomic mass is 16.3. The van der Waals surface area contributed by atoms with E-state index >= 15 is 0 Å². The Morgan fingerprint density at radius 1 is 0.842 bits per heavy atom. The Labute approximate surface area is 112 Å². The summed E-state index contributed by atoms with van der Waals surface area (Å²) in [6.07, 6.45) is 1.35. The first-order chi connectivity index (χ1) is 9.33. The van der Waals surface area contributed by atoms with E-state index in [0.717, 1.165) is 16.8 Å². The summed E-state index contributed by atoms with van der Waals surface area (Å²) in [4.78, 5) is 0. The van der Waals surface area contributed by atoms with Crippen molar-refractivity contribution in [3.63, 3.8) is 0 Å². The molecule has 0 radical (unpaired) electrons. The summed E-state index contributed by atoms with van der Waals surface area (Å²) in [7, 11) is 0. The molecule has 0 aliphatic carbocycles. The summed E-state index contributed by atoms with van der Waals surface area (Å²) in [6, 6.07) is 20.1. The molecular formula is C16H16N2O. The van der Waals surface area contributed by atoms with Crippen LogP contribution in [0, 0.1) is 0 Å². The van der Waals surface area contributed by atoms with Gasteiger partial charge in [-0.25, -0.2) is 0 Å². The lowest BCUT2D eigenvalue weighted by molar-refractivity contribution is 0.106. The van der Waals surface area contributed by atoms with Crippen LogP contribution >= 0.6 is 0 Å². The molecule has 19 heavy (non-hydrogen) atoms. The van der Waals surface area contributed by atoms with E-state index in [-0.39, 0.29) is 6.04 Å². The first kappa shape index (κ1) is 12.0. The van der Waals surface area contributed by atoms with Crippen LogP contribution in [0.3, 0.4) is 0 Å². The van der Waals surface area contributed by atoms with Crippen LogP contribution in [0.4, 0.5) is 0 Å². The lowest BCUT2D eigenvalue weighted by atomic mass is 10.0. The Bertz CT molecular complexity index is 566. The van der Waals surface area contributed by atoms with Crippen LogP contribution in [-0.4, -0.2) is 11.5 Å². The van der Waals surface area contributed by atoms with Crippen LogP contribution in [0.1, 0.15) is 17.2 Å². The predicted octanol–water partition coefficient (Wildman–Crippen LogP) is 2.24. The predicted molar refractivity (Wildman–Crippen MR) is 75.9 cm³/mol. The Hall–Kier alpha value is -2.10. The molecule has 1 heterocycles. The maximum Gasteiger partial charge on any atom is 0.182 e. The minimum Gasteiger partial charge on any atom is -0.361 e. The maximum absolute atomic E-state index is 9.91. The first-order valence-corrected chi connectivity index (χ1v) is 6.36. The molecule has 3 heteroatoms. The molecule has 0 bridgehead atoms. The van der Waals surface area contributed by atoms with E-state index in [1.54, 1.807) is 0 Å². The van der Waals surface area contributed by atoms with Crippen LogP contribution in [0.25, 0.3) is 5.70 Å². The number of hydrogen-bond acceptors (Lipinski definition) is 3. The van der Waals surface area contributed by atoms with Gasteiger partial charge in [-0.2, -0.15) is 0 Å². The SMILES string of the molecule is OC1NC(c2ccccc2)=CC(c2ccccc2)N1. The summed E-state index contributed by atoms with van der Waals surface area (Å²) >= 11 is 0. The topological polar surface area (TPSA) is 44.3 Å². The molecule has 0 aromatic heterocycles. The van der Waals surface area contributed by atoms with Gasteiger partial charge in [0.05, 0.1) is 6.04 Å². The average Bonchev–Trinajstić information content (AvgIpc) is 2.48. The van der Waals surface area contributed by atoms with Crippen LogP contribution in [0.5, 0.6) is 0 Å². The summed E-state index contributed by atoms with van der Waals surface area (Å²) in [5.74, 6) is 0. The number of nitrogens with one attached hydrogen (secondary N) is 2. The lowest BCUT2D eigenvalue weighted by Gasteiger charge is -2.29. The van der Waals surface area contributed by atoms with E-state index in [2.05, 4.69) is 28.8 Å². The second-order valence-electron chi connectivity index (χ2n) is 4.55. The number of hydrogen-bond donors (Lipinski definition) is 3. The molecule has 96 valence electrons. The quantitative estimate of drug-likeness (QED) is 0.768. The van der Waals surface area contributed by atoms with E-state index < -0.39 is 6.35 Å². The maximum atomic E-state index is 9.91. The largest absolute Gasteiger partial charge is 0.361 e. The molecule has 0 amide bonds. The fraction of sp³-hybridized carbons (Fsp3) is 0.125. The first-order valence-electron chi connectivity index (χ1n) is 6.36. The van der Waals surface area contributed by atoms with Gasteiger partial charge in [0.25, 0.3) is 0 Å². The fourth-order valence-corrected chi connectivity index (χ4v) is 2.27. The third-order valence-electron chi connectivity index (χ3n) is 3.21.